The van der Waals surface area contributed by atoms with Crippen LogP contribution in [0, 0.1) is 0 Å². The first-order valence-corrected chi connectivity index (χ1v) is 4.41. The summed E-state index contributed by atoms with van der Waals surface area (Å²) in [5, 5.41) is 0.504. The van der Waals surface area contributed by atoms with Crippen molar-refractivity contribution in [3.63, 3.8) is 0 Å². The smallest absolute Gasteiger partial charge is 0.203 e. The highest BCUT2D eigenvalue weighted by atomic mass is 35.5. The molecule has 0 saturated heterocycles. The third-order valence-electron chi connectivity index (χ3n) is 2.13. The van der Waals surface area contributed by atoms with Crippen molar-refractivity contribution in [1.29, 1.82) is 0 Å². The lowest BCUT2D eigenvalue weighted by molar-refractivity contribution is 0.948. The average molecular weight is 196 g/mol. The number of benzene rings is 1. The van der Waals surface area contributed by atoms with E-state index in [-0.39, 0.29) is 0 Å². The van der Waals surface area contributed by atoms with Crippen LogP contribution in [0.4, 0.5) is 0 Å². The van der Waals surface area contributed by atoms with Gasteiger partial charge in [-0.1, -0.05) is 6.07 Å². The second-order valence-electron chi connectivity index (χ2n) is 2.97. The summed E-state index contributed by atoms with van der Waals surface area (Å²) in [5.41, 5.74) is 8.52. The summed E-state index contributed by atoms with van der Waals surface area (Å²) in [7, 11) is 1.89. The van der Waals surface area contributed by atoms with E-state index in [1.807, 2.05) is 29.8 Å². The molecular formula is C9H10ClN3. The van der Waals surface area contributed by atoms with Crippen LogP contribution in [0.2, 0.25) is 5.28 Å². The Hall–Kier alpha value is -1.06. The van der Waals surface area contributed by atoms with Gasteiger partial charge in [0.05, 0.1) is 11.0 Å². The van der Waals surface area contributed by atoms with Crippen LogP contribution >= 0.6 is 11.6 Å². The van der Waals surface area contributed by atoms with Crippen molar-refractivity contribution in [3.8, 4) is 0 Å². The van der Waals surface area contributed by atoms with Gasteiger partial charge in [-0.2, -0.15) is 0 Å². The third-order valence-corrected chi connectivity index (χ3v) is 2.46. The van der Waals surface area contributed by atoms with Crippen LogP contribution in [0.3, 0.4) is 0 Å². The number of aromatic nitrogens is 2. The SMILES string of the molecule is Cn1c(Cl)nc2cc(CN)ccc21. The molecule has 2 aromatic rings. The summed E-state index contributed by atoms with van der Waals surface area (Å²) in [6.07, 6.45) is 0. The fourth-order valence-corrected chi connectivity index (χ4v) is 1.53. The molecule has 0 aliphatic rings. The largest absolute Gasteiger partial charge is 0.326 e. The second-order valence-corrected chi connectivity index (χ2v) is 3.31. The standard InChI is InChI=1S/C9H10ClN3/c1-13-8-3-2-6(5-11)4-7(8)12-9(13)10/h2-4H,5,11H2,1H3. The lowest BCUT2D eigenvalue weighted by Crippen LogP contribution is -1.95. The van der Waals surface area contributed by atoms with E-state index in [1.165, 1.54) is 0 Å². The molecule has 0 radical (unpaired) electrons. The van der Waals surface area contributed by atoms with Gasteiger partial charge in [0.2, 0.25) is 5.28 Å². The molecule has 4 heteroatoms. The molecule has 0 aliphatic carbocycles. The van der Waals surface area contributed by atoms with Crippen molar-refractivity contribution < 1.29 is 0 Å². The molecule has 0 bridgehead atoms. The van der Waals surface area contributed by atoms with E-state index in [9.17, 15) is 0 Å². The van der Waals surface area contributed by atoms with Crippen molar-refractivity contribution in [2.75, 3.05) is 0 Å². The highest BCUT2D eigenvalue weighted by Gasteiger charge is 2.04. The van der Waals surface area contributed by atoms with Gasteiger partial charge in [-0.05, 0) is 29.3 Å². The normalized spacial score (nSPS) is 11.0. The van der Waals surface area contributed by atoms with Gasteiger partial charge in [0, 0.05) is 13.6 Å². The Kier molecular flexibility index (Phi) is 1.98. The van der Waals surface area contributed by atoms with E-state index in [4.69, 9.17) is 17.3 Å². The molecule has 1 heterocycles. The van der Waals surface area contributed by atoms with E-state index >= 15 is 0 Å². The number of nitrogens with two attached hydrogens (primary N) is 1. The summed E-state index contributed by atoms with van der Waals surface area (Å²) in [4.78, 5) is 4.19. The van der Waals surface area contributed by atoms with Crippen molar-refractivity contribution in [2.45, 2.75) is 6.54 Å². The quantitative estimate of drug-likeness (QED) is 0.753. The average Bonchev–Trinajstić information content (AvgIpc) is 2.42. The first kappa shape index (κ1) is 8.53. The number of hydrogen-bond donors (Lipinski definition) is 1. The fourth-order valence-electron chi connectivity index (χ4n) is 1.34. The maximum absolute atomic E-state index is 5.87. The summed E-state index contributed by atoms with van der Waals surface area (Å²) in [6.45, 7) is 0.532. The van der Waals surface area contributed by atoms with Crippen LogP contribution in [0.1, 0.15) is 5.56 Å². The zero-order chi connectivity index (χ0) is 9.42. The van der Waals surface area contributed by atoms with E-state index in [2.05, 4.69) is 4.98 Å². The van der Waals surface area contributed by atoms with Gasteiger partial charge in [0.25, 0.3) is 0 Å². The summed E-state index contributed by atoms with van der Waals surface area (Å²) in [5.74, 6) is 0. The van der Waals surface area contributed by atoms with Crippen LogP contribution in [0.15, 0.2) is 18.2 Å². The molecule has 13 heavy (non-hydrogen) atoms. The second kappa shape index (κ2) is 3.01. The van der Waals surface area contributed by atoms with Crippen LogP contribution in [-0.4, -0.2) is 9.55 Å². The Morgan fingerprint density at radius 1 is 1.54 bits per heavy atom. The number of aryl methyl sites for hydroxylation is 1. The van der Waals surface area contributed by atoms with Gasteiger partial charge in [-0.15, -0.1) is 0 Å². The lowest BCUT2D eigenvalue weighted by atomic mass is 10.2. The van der Waals surface area contributed by atoms with Gasteiger partial charge in [0.15, 0.2) is 0 Å². The van der Waals surface area contributed by atoms with E-state index in [0.717, 1.165) is 16.6 Å². The lowest BCUT2D eigenvalue weighted by Gasteiger charge is -1.97. The summed E-state index contributed by atoms with van der Waals surface area (Å²) < 4.78 is 1.84. The molecule has 0 fully saturated rings. The molecule has 1 aromatic carbocycles. The molecule has 3 nitrogen and oxygen atoms in total. The van der Waals surface area contributed by atoms with Crippen molar-refractivity contribution in [1.82, 2.24) is 9.55 Å². The Bertz CT molecular complexity index is 447. The molecule has 1 aromatic heterocycles. The fraction of sp³-hybridized carbons (Fsp3) is 0.222. The van der Waals surface area contributed by atoms with Crippen LogP contribution < -0.4 is 5.73 Å². The number of hydrogen-bond acceptors (Lipinski definition) is 2. The van der Waals surface area contributed by atoms with Gasteiger partial charge >= 0.3 is 0 Å². The highest BCUT2D eigenvalue weighted by Crippen LogP contribution is 2.19. The van der Waals surface area contributed by atoms with Gasteiger partial charge in [0.1, 0.15) is 0 Å². The Morgan fingerprint density at radius 3 is 3.00 bits per heavy atom. The van der Waals surface area contributed by atoms with Crippen molar-refractivity contribution >= 4 is 22.6 Å². The molecular weight excluding hydrogens is 186 g/mol. The topological polar surface area (TPSA) is 43.8 Å². The van der Waals surface area contributed by atoms with E-state index in [1.54, 1.807) is 0 Å². The first-order chi connectivity index (χ1) is 6.22. The number of nitrogens with zero attached hydrogens (tertiary/aromatic N) is 2. The highest BCUT2D eigenvalue weighted by molar-refractivity contribution is 6.29. The Morgan fingerprint density at radius 2 is 2.31 bits per heavy atom. The van der Waals surface area contributed by atoms with Crippen molar-refractivity contribution in [3.05, 3.63) is 29.0 Å². The molecule has 0 unspecified atom stereocenters. The first-order valence-electron chi connectivity index (χ1n) is 4.03. The van der Waals surface area contributed by atoms with Crippen LogP contribution in [0.5, 0.6) is 0 Å². The predicted molar refractivity (Wildman–Crippen MR) is 53.6 cm³/mol. The summed E-state index contributed by atoms with van der Waals surface area (Å²) in [6, 6.07) is 5.93. The number of halogens is 1. The Labute approximate surface area is 81.1 Å². The monoisotopic (exact) mass is 195 g/mol. The van der Waals surface area contributed by atoms with Gasteiger partial charge in [-0.3, -0.25) is 0 Å². The number of fused-ring (bicyclic) bond motifs is 1. The minimum atomic E-state index is 0.504. The molecule has 0 spiro atoms. The molecule has 0 saturated carbocycles. The maximum Gasteiger partial charge on any atom is 0.203 e. The van der Waals surface area contributed by atoms with Crippen LogP contribution in [0.25, 0.3) is 11.0 Å². The third kappa shape index (κ3) is 1.30. The minimum Gasteiger partial charge on any atom is -0.326 e. The van der Waals surface area contributed by atoms with E-state index in [0.29, 0.717) is 11.8 Å². The zero-order valence-corrected chi connectivity index (χ0v) is 8.04. The maximum atomic E-state index is 5.87. The number of imidazole rings is 1. The van der Waals surface area contributed by atoms with Gasteiger partial charge in [-0.25, -0.2) is 4.98 Å². The van der Waals surface area contributed by atoms with Crippen molar-refractivity contribution in [2.24, 2.45) is 12.8 Å². The summed E-state index contributed by atoms with van der Waals surface area (Å²) >= 11 is 5.87. The molecule has 2 N–H and O–H groups in total. The van der Waals surface area contributed by atoms with Gasteiger partial charge < -0.3 is 10.3 Å². The van der Waals surface area contributed by atoms with E-state index < -0.39 is 0 Å². The molecule has 0 atom stereocenters. The Balaban J connectivity index is 2.73. The minimum absolute atomic E-state index is 0.504. The molecule has 2 rings (SSSR count). The molecule has 0 amide bonds. The number of rotatable bonds is 1. The van der Waals surface area contributed by atoms with Crippen LogP contribution in [-0.2, 0) is 13.6 Å². The molecule has 68 valence electrons. The molecule has 0 aliphatic heterocycles. The predicted octanol–water partition coefficient (Wildman–Crippen LogP) is 1.69. The zero-order valence-electron chi connectivity index (χ0n) is 7.29.